The Hall–Kier alpha value is -1.00. The van der Waals surface area contributed by atoms with Gasteiger partial charge in [-0.2, -0.15) is 0 Å². The molecule has 1 aromatic rings. The number of hydrogen-bond donors (Lipinski definition) is 0. The van der Waals surface area contributed by atoms with Crippen LogP contribution in [0.4, 0.5) is 8.78 Å². The molecule has 0 spiro atoms. The van der Waals surface area contributed by atoms with Gasteiger partial charge in [0, 0.05) is 25.2 Å². The number of rotatable bonds is 2. The van der Waals surface area contributed by atoms with E-state index in [0.717, 1.165) is 19.2 Å². The van der Waals surface area contributed by atoms with Crippen molar-refractivity contribution in [3.63, 3.8) is 0 Å². The van der Waals surface area contributed by atoms with Crippen LogP contribution in [0.2, 0.25) is 0 Å². The van der Waals surface area contributed by atoms with Crippen molar-refractivity contribution in [3.8, 4) is 0 Å². The van der Waals surface area contributed by atoms with Gasteiger partial charge in [0.2, 0.25) is 0 Å². The smallest absolute Gasteiger partial charge is 0.127 e. The summed E-state index contributed by atoms with van der Waals surface area (Å²) in [6, 6.07) is 3.58. The highest BCUT2D eigenvalue weighted by molar-refractivity contribution is 5.18. The number of hydrogen-bond acceptors (Lipinski definition) is 2. The first kappa shape index (κ1) is 12.5. The van der Waals surface area contributed by atoms with E-state index in [-0.39, 0.29) is 18.0 Å². The third-order valence-electron chi connectivity index (χ3n) is 2.90. The van der Waals surface area contributed by atoms with Crippen LogP contribution in [0.3, 0.4) is 0 Å². The topological polar surface area (TPSA) is 12.5 Å². The molecule has 0 radical (unpaired) electrons. The van der Waals surface area contributed by atoms with Crippen LogP contribution in [0.25, 0.3) is 0 Å². The van der Waals surface area contributed by atoms with Gasteiger partial charge in [-0.05, 0) is 32.0 Å². The summed E-state index contributed by atoms with van der Waals surface area (Å²) in [6.07, 6.45) is 0.269. The van der Waals surface area contributed by atoms with Gasteiger partial charge in [0.1, 0.15) is 11.6 Å². The van der Waals surface area contributed by atoms with Gasteiger partial charge in [-0.25, -0.2) is 8.78 Å². The molecule has 1 saturated heterocycles. The summed E-state index contributed by atoms with van der Waals surface area (Å²) in [7, 11) is 0. The zero-order valence-electron chi connectivity index (χ0n) is 10.1. The summed E-state index contributed by atoms with van der Waals surface area (Å²) < 4.78 is 32.1. The number of ether oxygens (including phenoxy) is 1. The van der Waals surface area contributed by atoms with Crippen molar-refractivity contribution in [1.82, 2.24) is 4.90 Å². The third kappa shape index (κ3) is 3.23. The standard InChI is InChI=1S/C13H17F2NO/c1-9-6-16(7-10(2)17-9)8-11-5-12(14)3-4-13(11)15/h3-5,9-10H,6-8H2,1-2H3/t9-,10-/m1/s1. The maximum atomic E-state index is 13.5. The molecule has 0 saturated carbocycles. The van der Waals surface area contributed by atoms with E-state index in [1.165, 1.54) is 12.1 Å². The van der Waals surface area contributed by atoms with Gasteiger partial charge in [-0.3, -0.25) is 4.90 Å². The Morgan fingerprint density at radius 1 is 1.24 bits per heavy atom. The Balaban J connectivity index is 2.07. The van der Waals surface area contributed by atoms with E-state index in [1.807, 2.05) is 13.8 Å². The van der Waals surface area contributed by atoms with E-state index in [4.69, 9.17) is 4.74 Å². The van der Waals surface area contributed by atoms with Gasteiger partial charge in [-0.1, -0.05) is 0 Å². The maximum Gasteiger partial charge on any atom is 0.127 e. The van der Waals surface area contributed by atoms with E-state index >= 15 is 0 Å². The maximum absolute atomic E-state index is 13.5. The van der Waals surface area contributed by atoms with Crippen LogP contribution in [0, 0.1) is 11.6 Å². The minimum absolute atomic E-state index is 0.135. The van der Waals surface area contributed by atoms with E-state index < -0.39 is 5.82 Å². The Morgan fingerprint density at radius 2 is 1.88 bits per heavy atom. The summed E-state index contributed by atoms with van der Waals surface area (Å²) in [6.45, 7) is 5.91. The Labute approximate surface area is 100 Å². The van der Waals surface area contributed by atoms with Crippen molar-refractivity contribution in [2.75, 3.05) is 13.1 Å². The highest BCUT2D eigenvalue weighted by Crippen LogP contribution is 2.16. The van der Waals surface area contributed by atoms with Crippen LogP contribution in [0.15, 0.2) is 18.2 Å². The highest BCUT2D eigenvalue weighted by atomic mass is 19.1. The molecular weight excluding hydrogens is 224 g/mol. The quantitative estimate of drug-likeness (QED) is 0.789. The van der Waals surface area contributed by atoms with Crippen LogP contribution in [0.5, 0.6) is 0 Å². The molecule has 2 rings (SSSR count). The normalized spacial score (nSPS) is 26.1. The largest absolute Gasteiger partial charge is 0.373 e. The average Bonchev–Trinajstić information content (AvgIpc) is 2.22. The van der Waals surface area contributed by atoms with Crippen molar-refractivity contribution in [2.24, 2.45) is 0 Å². The molecule has 94 valence electrons. The molecular formula is C13H17F2NO. The van der Waals surface area contributed by atoms with Crippen LogP contribution in [-0.4, -0.2) is 30.2 Å². The molecule has 0 bridgehead atoms. The van der Waals surface area contributed by atoms with Gasteiger partial charge in [0.05, 0.1) is 12.2 Å². The van der Waals surface area contributed by atoms with E-state index in [0.29, 0.717) is 12.1 Å². The first-order chi connectivity index (χ1) is 8.04. The molecule has 1 heterocycles. The van der Waals surface area contributed by atoms with Crippen molar-refractivity contribution in [2.45, 2.75) is 32.6 Å². The van der Waals surface area contributed by atoms with Gasteiger partial charge >= 0.3 is 0 Å². The summed E-state index contributed by atoms with van der Waals surface area (Å²) in [5.74, 6) is -0.742. The molecule has 1 aliphatic rings. The first-order valence-corrected chi connectivity index (χ1v) is 5.86. The first-order valence-electron chi connectivity index (χ1n) is 5.86. The molecule has 0 aliphatic carbocycles. The van der Waals surface area contributed by atoms with E-state index in [1.54, 1.807) is 0 Å². The highest BCUT2D eigenvalue weighted by Gasteiger charge is 2.22. The van der Waals surface area contributed by atoms with E-state index in [2.05, 4.69) is 4.90 Å². The van der Waals surface area contributed by atoms with Gasteiger partial charge in [0.15, 0.2) is 0 Å². The summed E-state index contributed by atoms with van der Waals surface area (Å²) in [5.41, 5.74) is 0.409. The number of morpholine rings is 1. The summed E-state index contributed by atoms with van der Waals surface area (Å²) >= 11 is 0. The van der Waals surface area contributed by atoms with Gasteiger partial charge < -0.3 is 4.74 Å². The van der Waals surface area contributed by atoms with Crippen molar-refractivity contribution in [3.05, 3.63) is 35.4 Å². The zero-order valence-corrected chi connectivity index (χ0v) is 10.1. The molecule has 1 aromatic carbocycles. The number of nitrogens with zero attached hydrogens (tertiary/aromatic N) is 1. The predicted octanol–water partition coefficient (Wildman–Crippen LogP) is 2.57. The van der Waals surface area contributed by atoms with Gasteiger partial charge in [-0.15, -0.1) is 0 Å². The fourth-order valence-corrected chi connectivity index (χ4v) is 2.32. The minimum atomic E-state index is -0.393. The molecule has 2 nitrogen and oxygen atoms in total. The second-order valence-corrected chi connectivity index (χ2v) is 4.69. The lowest BCUT2D eigenvalue weighted by atomic mass is 10.1. The molecule has 1 aliphatic heterocycles. The Morgan fingerprint density at radius 3 is 2.53 bits per heavy atom. The van der Waals surface area contributed by atoms with Crippen LogP contribution in [-0.2, 0) is 11.3 Å². The lowest BCUT2D eigenvalue weighted by Gasteiger charge is -2.35. The molecule has 1 fully saturated rings. The zero-order chi connectivity index (χ0) is 12.4. The predicted molar refractivity (Wildman–Crippen MR) is 61.6 cm³/mol. The number of benzene rings is 1. The number of halogens is 2. The Kier molecular flexibility index (Phi) is 3.74. The fourth-order valence-electron chi connectivity index (χ4n) is 2.32. The minimum Gasteiger partial charge on any atom is -0.373 e. The van der Waals surface area contributed by atoms with E-state index in [9.17, 15) is 8.78 Å². The molecule has 0 unspecified atom stereocenters. The molecule has 0 N–H and O–H groups in total. The molecule has 17 heavy (non-hydrogen) atoms. The summed E-state index contributed by atoms with van der Waals surface area (Å²) in [4.78, 5) is 2.09. The third-order valence-corrected chi connectivity index (χ3v) is 2.90. The van der Waals surface area contributed by atoms with Gasteiger partial charge in [0.25, 0.3) is 0 Å². The van der Waals surface area contributed by atoms with Crippen molar-refractivity contribution >= 4 is 0 Å². The average molecular weight is 241 g/mol. The lowest BCUT2D eigenvalue weighted by molar-refractivity contribution is -0.0707. The second-order valence-electron chi connectivity index (χ2n) is 4.69. The SMILES string of the molecule is C[C@@H]1CN(Cc2cc(F)ccc2F)C[C@@H](C)O1. The Bertz CT molecular complexity index is 387. The lowest BCUT2D eigenvalue weighted by Crippen LogP contribution is -2.44. The summed E-state index contributed by atoms with van der Waals surface area (Å²) in [5, 5.41) is 0. The van der Waals surface area contributed by atoms with Crippen molar-refractivity contribution < 1.29 is 13.5 Å². The molecule has 2 atom stereocenters. The van der Waals surface area contributed by atoms with Crippen LogP contribution < -0.4 is 0 Å². The molecule has 0 aromatic heterocycles. The molecule has 4 heteroatoms. The molecule has 0 amide bonds. The fraction of sp³-hybridized carbons (Fsp3) is 0.538. The van der Waals surface area contributed by atoms with Crippen LogP contribution in [0.1, 0.15) is 19.4 Å². The van der Waals surface area contributed by atoms with Crippen molar-refractivity contribution in [1.29, 1.82) is 0 Å². The monoisotopic (exact) mass is 241 g/mol. The van der Waals surface area contributed by atoms with Crippen LogP contribution >= 0.6 is 0 Å². The second kappa shape index (κ2) is 5.10.